The van der Waals surface area contributed by atoms with Gasteiger partial charge in [-0.2, -0.15) is 23.4 Å². The van der Waals surface area contributed by atoms with Gasteiger partial charge in [-0.3, -0.25) is 4.79 Å². The molecule has 0 aliphatic carbocycles. The molecule has 2 aromatic heterocycles. The van der Waals surface area contributed by atoms with E-state index in [1.165, 1.54) is 36.4 Å². The van der Waals surface area contributed by atoms with Gasteiger partial charge in [0, 0.05) is 17.5 Å². The lowest BCUT2D eigenvalue weighted by atomic mass is 10.0. The van der Waals surface area contributed by atoms with Crippen LogP contribution in [0.25, 0.3) is 34.3 Å². The molecule has 2 heterocycles. The zero-order chi connectivity index (χ0) is 29.0. The molecular formula is C29H20F3N5O4. The highest BCUT2D eigenvalue weighted by atomic mass is 19.4. The summed E-state index contributed by atoms with van der Waals surface area (Å²) in [6, 6.07) is 23.8. The Bertz CT molecular complexity index is 1680. The molecule has 0 bridgehead atoms. The van der Waals surface area contributed by atoms with Gasteiger partial charge in [0.25, 0.3) is 11.8 Å². The molecule has 41 heavy (non-hydrogen) atoms. The van der Waals surface area contributed by atoms with Gasteiger partial charge in [0.2, 0.25) is 11.6 Å². The number of aliphatic hydroxyl groups excluding tert-OH is 1. The van der Waals surface area contributed by atoms with Crippen molar-refractivity contribution in [1.82, 2.24) is 20.6 Å². The number of amides is 1. The molecule has 5 rings (SSSR count). The number of alkyl halides is 3. The summed E-state index contributed by atoms with van der Waals surface area (Å²) in [5, 5.41) is 29.8. The minimum absolute atomic E-state index is 0.0521. The van der Waals surface area contributed by atoms with Crippen molar-refractivity contribution in [2.75, 3.05) is 0 Å². The minimum atomic E-state index is -4.82. The smallest absolute Gasteiger partial charge is 0.378 e. The van der Waals surface area contributed by atoms with Gasteiger partial charge in [0.05, 0.1) is 6.07 Å². The van der Waals surface area contributed by atoms with E-state index in [9.17, 15) is 28.3 Å². The van der Waals surface area contributed by atoms with Crippen LogP contribution < -0.4 is 5.32 Å². The third-order valence-electron chi connectivity index (χ3n) is 6.13. The van der Waals surface area contributed by atoms with E-state index < -0.39 is 47.1 Å². The second-order valence-electron chi connectivity index (χ2n) is 8.93. The van der Waals surface area contributed by atoms with Gasteiger partial charge in [-0.15, -0.1) is 0 Å². The molecule has 3 aromatic carbocycles. The van der Waals surface area contributed by atoms with E-state index in [2.05, 4.69) is 20.6 Å². The number of nitriles is 1. The first kappa shape index (κ1) is 27.3. The summed E-state index contributed by atoms with van der Waals surface area (Å²) in [5.74, 6) is -2.06. The van der Waals surface area contributed by atoms with E-state index in [-0.39, 0.29) is 23.4 Å². The zero-order valence-electron chi connectivity index (χ0n) is 21.0. The normalized spacial score (nSPS) is 12.9. The number of benzene rings is 3. The van der Waals surface area contributed by atoms with Crippen LogP contribution in [0.1, 0.15) is 22.8 Å². The van der Waals surface area contributed by atoms with Crippen molar-refractivity contribution in [3.05, 3.63) is 102 Å². The van der Waals surface area contributed by atoms with E-state index in [1.807, 2.05) is 36.4 Å². The fourth-order valence-corrected chi connectivity index (χ4v) is 4.12. The van der Waals surface area contributed by atoms with Crippen molar-refractivity contribution in [1.29, 1.82) is 5.26 Å². The van der Waals surface area contributed by atoms with Crippen LogP contribution in [0.15, 0.2) is 94.0 Å². The van der Waals surface area contributed by atoms with Crippen LogP contribution in [-0.4, -0.2) is 32.4 Å². The minimum Gasteiger partial charge on any atom is -0.378 e. The van der Waals surface area contributed by atoms with E-state index in [0.29, 0.717) is 5.56 Å². The number of carbonyl (C=O) groups excluding carboxylic acids is 1. The fourth-order valence-electron chi connectivity index (χ4n) is 4.12. The SMILES string of the molecule is N#CC(Cc1ccccc1)NC(=O)C(O)c1ccc(-c2noc(-c3onc(-c4ccccc4)c3C(F)(F)F)n2)cc1. The Hall–Kier alpha value is -5.28. The van der Waals surface area contributed by atoms with Crippen molar-refractivity contribution in [2.24, 2.45) is 0 Å². The molecule has 0 aliphatic heterocycles. The molecule has 206 valence electrons. The molecule has 9 nitrogen and oxygen atoms in total. The first-order valence-electron chi connectivity index (χ1n) is 12.2. The van der Waals surface area contributed by atoms with Gasteiger partial charge in [0.1, 0.15) is 17.3 Å². The van der Waals surface area contributed by atoms with Crippen LogP contribution in [0, 0.1) is 11.3 Å². The van der Waals surface area contributed by atoms with E-state index in [1.54, 1.807) is 18.2 Å². The Morgan fingerprint density at radius 1 is 0.927 bits per heavy atom. The van der Waals surface area contributed by atoms with Crippen LogP contribution >= 0.6 is 0 Å². The number of nitrogens with one attached hydrogen (secondary N) is 1. The Morgan fingerprint density at radius 2 is 1.59 bits per heavy atom. The first-order chi connectivity index (χ1) is 19.7. The molecule has 1 amide bonds. The molecule has 2 N–H and O–H groups in total. The second kappa shape index (κ2) is 11.4. The maximum Gasteiger partial charge on any atom is 0.422 e. The number of rotatable bonds is 8. The molecule has 0 spiro atoms. The van der Waals surface area contributed by atoms with Gasteiger partial charge in [0.15, 0.2) is 6.10 Å². The van der Waals surface area contributed by atoms with Gasteiger partial charge in [-0.25, -0.2) is 0 Å². The number of nitrogens with zero attached hydrogens (tertiary/aromatic N) is 4. The second-order valence-corrected chi connectivity index (χ2v) is 8.93. The maximum atomic E-state index is 14.0. The van der Waals surface area contributed by atoms with Crippen molar-refractivity contribution < 1.29 is 32.1 Å². The Balaban J connectivity index is 1.32. The third-order valence-corrected chi connectivity index (χ3v) is 6.13. The highest BCUT2D eigenvalue weighted by Gasteiger charge is 2.43. The van der Waals surface area contributed by atoms with Crippen LogP contribution in [0.2, 0.25) is 0 Å². The van der Waals surface area contributed by atoms with Gasteiger partial charge in [-0.1, -0.05) is 95.2 Å². The van der Waals surface area contributed by atoms with Gasteiger partial charge in [-0.05, 0) is 11.1 Å². The highest BCUT2D eigenvalue weighted by Crippen LogP contribution is 2.43. The maximum absolute atomic E-state index is 14.0. The van der Waals surface area contributed by atoms with Crippen LogP contribution in [0.3, 0.4) is 0 Å². The predicted molar refractivity (Wildman–Crippen MR) is 138 cm³/mol. The topological polar surface area (TPSA) is 138 Å². The van der Waals surface area contributed by atoms with Crippen molar-refractivity contribution in [3.63, 3.8) is 0 Å². The van der Waals surface area contributed by atoms with Crippen LogP contribution in [0.5, 0.6) is 0 Å². The largest absolute Gasteiger partial charge is 0.422 e. The summed E-state index contributed by atoms with van der Waals surface area (Å²) in [5.41, 5.74) is 0.0499. The van der Waals surface area contributed by atoms with Gasteiger partial charge < -0.3 is 19.5 Å². The Labute approximate surface area is 230 Å². The van der Waals surface area contributed by atoms with E-state index in [4.69, 9.17) is 9.05 Å². The number of aromatic nitrogens is 3. The van der Waals surface area contributed by atoms with Crippen molar-refractivity contribution >= 4 is 5.91 Å². The molecule has 12 heteroatoms. The number of halogens is 3. The Morgan fingerprint density at radius 3 is 2.22 bits per heavy atom. The molecule has 0 saturated carbocycles. The van der Waals surface area contributed by atoms with Gasteiger partial charge >= 0.3 is 6.18 Å². The number of aliphatic hydroxyl groups is 1. The lowest BCUT2D eigenvalue weighted by Gasteiger charge is -2.16. The third kappa shape index (κ3) is 6.00. The van der Waals surface area contributed by atoms with E-state index >= 15 is 0 Å². The molecule has 0 fully saturated rings. The quantitative estimate of drug-likeness (QED) is 0.259. The average molecular weight is 560 g/mol. The molecule has 0 saturated heterocycles. The monoisotopic (exact) mass is 559 g/mol. The molecule has 2 unspecified atom stereocenters. The average Bonchev–Trinajstić information content (AvgIpc) is 3.65. The summed E-state index contributed by atoms with van der Waals surface area (Å²) >= 11 is 0. The Kier molecular flexibility index (Phi) is 7.62. The van der Waals surface area contributed by atoms with Crippen LogP contribution in [0.4, 0.5) is 13.2 Å². The lowest BCUT2D eigenvalue weighted by Crippen LogP contribution is -2.38. The van der Waals surface area contributed by atoms with Crippen LogP contribution in [-0.2, 0) is 17.4 Å². The molecular weight excluding hydrogens is 539 g/mol. The fraction of sp³-hybridized carbons (Fsp3) is 0.138. The van der Waals surface area contributed by atoms with Crippen molar-refractivity contribution in [3.8, 4) is 40.4 Å². The number of hydrogen-bond acceptors (Lipinski definition) is 8. The molecule has 0 aliphatic rings. The predicted octanol–water partition coefficient (Wildman–Crippen LogP) is 5.36. The molecule has 0 radical (unpaired) electrons. The summed E-state index contributed by atoms with van der Waals surface area (Å²) in [6.07, 6.45) is -6.13. The lowest BCUT2D eigenvalue weighted by molar-refractivity contribution is -0.137. The highest BCUT2D eigenvalue weighted by molar-refractivity contribution is 5.82. The summed E-state index contributed by atoms with van der Waals surface area (Å²) in [6.45, 7) is 0. The zero-order valence-corrected chi connectivity index (χ0v) is 21.0. The molecule has 5 aromatic rings. The summed E-state index contributed by atoms with van der Waals surface area (Å²) in [7, 11) is 0. The summed E-state index contributed by atoms with van der Waals surface area (Å²) in [4.78, 5) is 16.6. The standard InChI is InChI=1S/C29H20F3N5O4/c30-29(31,32)22-23(18-9-5-2-6-10-18)36-40-25(22)28-35-26(37-41-28)20-13-11-19(12-14-20)24(38)27(39)34-21(16-33)15-17-7-3-1-4-8-17/h1-14,21,24,38H,15H2,(H,34,39). The number of carbonyl (C=O) groups is 1. The molecule has 2 atom stereocenters. The number of hydrogen-bond donors (Lipinski definition) is 2. The summed E-state index contributed by atoms with van der Waals surface area (Å²) < 4.78 is 52.0. The van der Waals surface area contributed by atoms with Crippen molar-refractivity contribution in [2.45, 2.75) is 24.7 Å². The van der Waals surface area contributed by atoms with E-state index in [0.717, 1.165) is 5.56 Å². The first-order valence-corrected chi connectivity index (χ1v) is 12.2.